The number of hydrogen-bond donors (Lipinski definition) is 2. The third kappa shape index (κ3) is 3.21. The van der Waals surface area contributed by atoms with Gasteiger partial charge in [0.1, 0.15) is 11.7 Å². The van der Waals surface area contributed by atoms with Gasteiger partial charge < -0.3 is 20.0 Å². The molecule has 1 unspecified atom stereocenters. The van der Waals surface area contributed by atoms with Gasteiger partial charge >= 0.3 is 5.97 Å². The molecule has 1 aromatic carbocycles. The number of aliphatic hydroxyl groups is 1. The van der Waals surface area contributed by atoms with Crippen LogP contribution in [-0.2, 0) is 14.4 Å². The van der Waals surface area contributed by atoms with Gasteiger partial charge in [0.15, 0.2) is 5.60 Å². The monoisotopic (exact) mass is 350 g/mol. The molecule has 2 aliphatic heterocycles. The van der Waals surface area contributed by atoms with Crippen LogP contribution in [0.3, 0.4) is 0 Å². The highest BCUT2D eigenvalue weighted by molar-refractivity contribution is 6.09. The number of carboxylic acids is 1. The zero-order valence-corrected chi connectivity index (χ0v) is 13.5. The molecular formula is C17H19FN2O5. The number of benzene rings is 1. The van der Waals surface area contributed by atoms with Crippen LogP contribution in [0, 0.1) is 11.7 Å². The molecule has 25 heavy (non-hydrogen) atoms. The lowest BCUT2D eigenvalue weighted by molar-refractivity contribution is -0.166. The first-order valence-corrected chi connectivity index (χ1v) is 8.13. The van der Waals surface area contributed by atoms with Crippen molar-refractivity contribution in [3.8, 4) is 0 Å². The van der Waals surface area contributed by atoms with Crippen LogP contribution < -0.4 is 4.90 Å². The standard InChI is InChI=1S/C17H19FN2O5/c18-11-1-3-12(4-2-11)20-8-5-13(15(20)22)14(21)19-9-6-17(25,7-10-19)16(23)24/h1-4,13,25H,5-10H2,(H,23,24). The number of anilines is 1. The maximum Gasteiger partial charge on any atom is 0.335 e. The Bertz CT molecular complexity index is 697. The van der Waals surface area contributed by atoms with Gasteiger partial charge in [-0.3, -0.25) is 9.59 Å². The van der Waals surface area contributed by atoms with Crippen molar-refractivity contribution < 1.29 is 29.0 Å². The second kappa shape index (κ2) is 6.44. The molecule has 0 aromatic heterocycles. The topological polar surface area (TPSA) is 98.2 Å². The number of rotatable bonds is 3. The molecule has 2 saturated heterocycles. The molecule has 0 spiro atoms. The van der Waals surface area contributed by atoms with Crippen LogP contribution in [0.15, 0.2) is 24.3 Å². The molecule has 8 heteroatoms. The molecule has 7 nitrogen and oxygen atoms in total. The van der Waals surface area contributed by atoms with E-state index in [0.717, 1.165) is 0 Å². The van der Waals surface area contributed by atoms with E-state index in [1.54, 1.807) is 0 Å². The molecule has 2 N–H and O–H groups in total. The molecule has 0 radical (unpaired) electrons. The second-order valence-corrected chi connectivity index (χ2v) is 6.47. The number of halogens is 1. The van der Waals surface area contributed by atoms with Gasteiger partial charge in [0.05, 0.1) is 0 Å². The van der Waals surface area contributed by atoms with Crippen molar-refractivity contribution in [1.82, 2.24) is 4.90 Å². The Morgan fingerprint density at radius 3 is 2.28 bits per heavy atom. The van der Waals surface area contributed by atoms with E-state index < -0.39 is 23.3 Å². The van der Waals surface area contributed by atoms with Crippen LogP contribution in [0.4, 0.5) is 10.1 Å². The van der Waals surface area contributed by atoms with Crippen molar-refractivity contribution >= 4 is 23.5 Å². The third-order valence-electron chi connectivity index (χ3n) is 4.94. The van der Waals surface area contributed by atoms with E-state index in [4.69, 9.17) is 5.11 Å². The molecule has 2 heterocycles. The fourth-order valence-corrected chi connectivity index (χ4v) is 3.32. The summed E-state index contributed by atoms with van der Waals surface area (Å²) in [6.45, 7) is 0.567. The van der Waals surface area contributed by atoms with Crippen LogP contribution in [0.5, 0.6) is 0 Å². The van der Waals surface area contributed by atoms with Crippen molar-refractivity contribution in [2.75, 3.05) is 24.5 Å². The van der Waals surface area contributed by atoms with Gasteiger partial charge in [-0.25, -0.2) is 9.18 Å². The van der Waals surface area contributed by atoms with Crippen molar-refractivity contribution in [2.45, 2.75) is 24.9 Å². The highest BCUT2D eigenvalue weighted by Gasteiger charge is 2.44. The minimum absolute atomic E-state index is 0.0589. The molecule has 0 saturated carbocycles. The molecule has 0 bridgehead atoms. The SMILES string of the molecule is O=C(C1CCN(c2ccc(F)cc2)C1=O)N1CCC(O)(C(=O)O)CC1. The molecule has 3 rings (SSSR count). The zero-order valence-electron chi connectivity index (χ0n) is 13.5. The van der Waals surface area contributed by atoms with Gasteiger partial charge in [-0.2, -0.15) is 0 Å². The number of hydrogen-bond acceptors (Lipinski definition) is 4. The molecule has 0 aliphatic carbocycles. The Balaban J connectivity index is 1.65. The average molecular weight is 350 g/mol. The summed E-state index contributed by atoms with van der Waals surface area (Å²) in [6, 6.07) is 5.51. The summed E-state index contributed by atoms with van der Waals surface area (Å²) in [7, 11) is 0. The quantitative estimate of drug-likeness (QED) is 0.779. The number of carbonyl (C=O) groups excluding carboxylic acids is 2. The van der Waals surface area contributed by atoms with Crippen molar-refractivity contribution in [3.05, 3.63) is 30.1 Å². The predicted octanol–water partition coefficient (Wildman–Crippen LogP) is 0.617. The van der Waals surface area contributed by atoms with Crippen LogP contribution >= 0.6 is 0 Å². The van der Waals surface area contributed by atoms with E-state index in [1.807, 2.05) is 0 Å². The summed E-state index contributed by atoms with van der Waals surface area (Å²) < 4.78 is 13.0. The Kier molecular flexibility index (Phi) is 4.47. The van der Waals surface area contributed by atoms with Gasteiger partial charge in [-0.05, 0) is 30.7 Å². The Morgan fingerprint density at radius 1 is 1.12 bits per heavy atom. The second-order valence-electron chi connectivity index (χ2n) is 6.47. The number of piperidine rings is 1. The van der Waals surface area contributed by atoms with E-state index in [-0.39, 0.29) is 37.7 Å². The largest absolute Gasteiger partial charge is 0.479 e. The number of amides is 2. The fraction of sp³-hybridized carbons (Fsp3) is 0.471. The number of nitrogens with zero attached hydrogens (tertiary/aromatic N) is 2. The number of likely N-dealkylation sites (tertiary alicyclic amines) is 1. The lowest BCUT2D eigenvalue weighted by atomic mass is 9.91. The van der Waals surface area contributed by atoms with Gasteiger partial charge in [0.25, 0.3) is 0 Å². The molecule has 2 aliphatic rings. The lowest BCUT2D eigenvalue weighted by Gasteiger charge is -2.36. The van der Waals surface area contributed by atoms with E-state index >= 15 is 0 Å². The Hall–Kier alpha value is -2.48. The molecule has 2 amide bonds. The average Bonchev–Trinajstić information content (AvgIpc) is 2.97. The van der Waals surface area contributed by atoms with Crippen LogP contribution in [-0.4, -0.2) is 58.1 Å². The minimum Gasteiger partial charge on any atom is -0.479 e. The maximum absolute atomic E-state index is 13.0. The molecular weight excluding hydrogens is 331 g/mol. The first-order chi connectivity index (χ1) is 11.8. The van der Waals surface area contributed by atoms with E-state index in [2.05, 4.69) is 0 Å². The molecule has 1 atom stereocenters. The Labute approximate surface area is 143 Å². The zero-order chi connectivity index (χ0) is 18.2. The summed E-state index contributed by atoms with van der Waals surface area (Å²) in [5, 5.41) is 19.0. The van der Waals surface area contributed by atoms with Crippen molar-refractivity contribution in [2.24, 2.45) is 5.92 Å². The minimum atomic E-state index is -1.81. The normalized spacial score (nSPS) is 23.0. The predicted molar refractivity (Wildman–Crippen MR) is 85.3 cm³/mol. The van der Waals surface area contributed by atoms with E-state index in [0.29, 0.717) is 18.7 Å². The van der Waals surface area contributed by atoms with Gasteiger partial charge in [-0.1, -0.05) is 0 Å². The number of carbonyl (C=O) groups is 3. The van der Waals surface area contributed by atoms with Crippen LogP contribution in [0.2, 0.25) is 0 Å². The summed E-state index contributed by atoms with van der Waals surface area (Å²) in [4.78, 5) is 39.1. The summed E-state index contributed by atoms with van der Waals surface area (Å²) in [6.07, 6.45) is 0.238. The third-order valence-corrected chi connectivity index (χ3v) is 4.94. The van der Waals surface area contributed by atoms with Crippen molar-refractivity contribution in [3.63, 3.8) is 0 Å². The lowest BCUT2D eigenvalue weighted by Crippen LogP contribution is -2.52. The van der Waals surface area contributed by atoms with Gasteiger partial charge in [-0.15, -0.1) is 0 Å². The highest BCUT2D eigenvalue weighted by Crippen LogP contribution is 2.29. The Morgan fingerprint density at radius 2 is 1.72 bits per heavy atom. The molecule has 134 valence electrons. The van der Waals surface area contributed by atoms with E-state index in [9.17, 15) is 23.9 Å². The van der Waals surface area contributed by atoms with Crippen LogP contribution in [0.1, 0.15) is 19.3 Å². The first kappa shape index (κ1) is 17.3. The first-order valence-electron chi connectivity index (χ1n) is 8.13. The van der Waals surface area contributed by atoms with Crippen LogP contribution in [0.25, 0.3) is 0 Å². The summed E-state index contributed by atoms with van der Waals surface area (Å²) >= 11 is 0. The highest BCUT2D eigenvalue weighted by atomic mass is 19.1. The summed E-state index contributed by atoms with van der Waals surface area (Å²) in [5.74, 6) is -3.19. The smallest absolute Gasteiger partial charge is 0.335 e. The molecule has 2 fully saturated rings. The fourth-order valence-electron chi connectivity index (χ4n) is 3.32. The maximum atomic E-state index is 13.0. The van der Waals surface area contributed by atoms with Crippen molar-refractivity contribution in [1.29, 1.82) is 0 Å². The van der Waals surface area contributed by atoms with E-state index in [1.165, 1.54) is 34.1 Å². The number of aliphatic carboxylic acids is 1. The summed E-state index contributed by atoms with van der Waals surface area (Å²) in [5.41, 5.74) is -1.27. The van der Waals surface area contributed by atoms with Gasteiger partial charge in [0, 0.05) is 38.2 Å². The van der Waals surface area contributed by atoms with Gasteiger partial charge in [0.2, 0.25) is 11.8 Å². The number of carboxylic acid groups (broad SMARTS) is 1. The molecule has 1 aromatic rings.